The molecule has 0 aliphatic carbocycles. The van der Waals surface area contributed by atoms with E-state index in [1.807, 2.05) is 0 Å². The lowest BCUT2D eigenvalue weighted by Gasteiger charge is -2.10. The van der Waals surface area contributed by atoms with E-state index >= 15 is 0 Å². The average Bonchev–Trinajstić information content (AvgIpc) is 2.49. The van der Waals surface area contributed by atoms with E-state index in [-0.39, 0.29) is 11.5 Å². The topological polar surface area (TPSA) is 35.5 Å². The lowest BCUT2D eigenvalue weighted by Crippen LogP contribution is -2.13. The van der Waals surface area contributed by atoms with E-state index in [0.29, 0.717) is 17.9 Å². The molecule has 0 fully saturated rings. The Balaban J connectivity index is 2.10. The molecule has 2 aromatic carbocycles. The number of rotatable bonds is 6. The molecule has 2 rings (SSSR count). The molecule has 0 aromatic heterocycles. The molecule has 0 amide bonds. The molecule has 0 unspecified atom stereocenters. The van der Waals surface area contributed by atoms with E-state index in [1.54, 1.807) is 31.2 Å². The van der Waals surface area contributed by atoms with Crippen LogP contribution in [0, 0.1) is 11.6 Å². The first kappa shape index (κ1) is 15.0. The Bertz CT molecular complexity index is 641. The van der Waals surface area contributed by atoms with Crippen molar-refractivity contribution in [3.8, 4) is 11.5 Å². The van der Waals surface area contributed by atoms with Crippen LogP contribution in [-0.4, -0.2) is 19.0 Å². The van der Waals surface area contributed by atoms with Crippen molar-refractivity contribution in [3.63, 3.8) is 0 Å². The minimum Gasteiger partial charge on any atom is -0.493 e. The lowest BCUT2D eigenvalue weighted by molar-refractivity contribution is 0.0914. The van der Waals surface area contributed by atoms with Crippen LogP contribution >= 0.6 is 0 Å². The zero-order valence-electron chi connectivity index (χ0n) is 11.4. The van der Waals surface area contributed by atoms with Gasteiger partial charge in [0.15, 0.2) is 18.2 Å². The minimum absolute atomic E-state index is 0.294. The molecule has 0 N–H and O–H groups in total. The molecular weight excluding hydrogens is 278 g/mol. The summed E-state index contributed by atoms with van der Waals surface area (Å²) in [6.07, 6.45) is 0. The van der Waals surface area contributed by atoms with E-state index in [9.17, 15) is 13.6 Å². The number of halogens is 2. The molecule has 2 aromatic rings. The molecule has 110 valence electrons. The number of carbonyl (C=O) groups excluding carboxylic acids is 1. The van der Waals surface area contributed by atoms with Gasteiger partial charge in [-0.15, -0.1) is 0 Å². The molecular formula is C16H14F2O3. The van der Waals surface area contributed by atoms with E-state index in [4.69, 9.17) is 9.47 Å². The second-order valence-corrected chi connectivity index (χ2v) is 4.22. The number of hydrogen-bond acceptors (Lipinski definition) is 3. The van der Waals surface area contributed by atoms with Crippen molar-refractivity contribution in [2.75, 3.05) is 13.2 Å². The highest BCUT2D eigenvalue weighted by Gasteiger charge is 2.14. The van der Waals surface area contributed by atoms with Gasteiger partial charge in [-0.3, -0.25) is 4.79 Å². The van der Waals surface area contributed by atoms with Gasteiger partial charge in [0.2, 0.25) is 5.78 Å². The van der Waals surface area contributed by atoms with Crippen molar-refractivity contribution in [2.45, 2.75) is 6.92 Å². The van der Waals surface area contributed by atoms with Crippen molar-refractivity contribution >= 4 is 5.78 Å². The van der Waals surface area contributed by atoms with E-state index < -0.39 is 18.2 Å². The summed E-state index contributed by atoms with van der Waals surface area (Å²) in [5, 5.41) is 0. The van der Waals surface area contributed by atoms with Crippen molar-refractivity contribution < 1.29 is 23.0 Å². The van der Waals surface area contributed by atoms with Crippen molar-refractivity contribution in [1.82, 2.24) is 0 Å². The summed E-state index contributed by atoms with van der Waals surface area (Å²) in [4.78, 5) is 12.1. The first-order valence-corrected chi connectivity index (χ1v) is 6.44. The standard InChI is InChI=1S/C16H14F2O3/c1-2-20-15-6-4-3-5-12(15)14(19)10-21-16-9-11(17)7-8-13(16)18/h3-9H,2,10H2,1H3. The third kappa shape index (κ3) is 3.78. The van der Waals surface area contributed by atoms with Gasteiger partial charge < -0.3 is 9.47 Å². The summed E-state index contributed by atoms with van der Waals surface area (Å²) < 4.78 is 36.8. The van der Waals surface area contributed by atoms with Gasteiger partial charge in [0.1, 0.15) is 11.6 Å². The zero-order chi connectivity index (χ0) is 15.2. The molecule has 5 heteroatoms. The molecule has 0 saturated heterocycles. The maximum atomic E-state index is 13.4. The predicted molar refractivity (Wildman–Crippen MR) is 73.8 cm³/mol. The quantitative estimate of drug-likeness (QED) is 0.763. The highest BCUT2D eigenvalue weighted by molar-refractivity contribution is 5.99. The fourth-order valence-corrected chi connectivity index (χ4v) is 1.79. The van der Waals surface area contributed by atoms with E-state index in [0.717, 1.165) is 18.2 Å². The van der Waals surface area contributed by atoms with Crippen LogP contribution in [0.5, 0.6) is 11.5 Å². The van der Waals surface area contributed by atoms with Crippen molar-refractivity contribution in [2.24, 2.45) is 0 Å². The molecule has 0 heterocycles. The number of para-hydroxylation sites is 1. The lowest BCUT2D eigenvalue weighted by atomic mass is 10.1. The smallest absolute Gasteiger partial charge is 0.203 e. The zero-order valence-corrected chi connectivity index (χ0v) is 11.4. The van der Waals surface area contributed by atoms with Crippen LogP contribution in [0.4, 0.5) is 8.78 Å². The molecule has 0 saturated carbocycles. The minimum atomic E-state index is -0.720. The Morgan fingerprint density at radius 3 is 2.57 bits per heavy atom. The fourth-order valence-electron chi connectivity index (χ4n) is 1.79. The van der Waals surface area contributed by atoms with Gasteiger partial charge in [0.05, 0.1) is 12.2 Å². The molecule has 0 radical (unpaired) electrons. The van der Waals surface area contributed by atoms with Gasteiger partial charge in [-0.2, -0.15) is 0 Å². The maximum absolute atomic E-state index is 13.4. The van der Waals surface area contributed by atoms with Gasteiger partial charge in [0, 0.05) is 6.07 Å². The second-order valence-electron chi connectivity index (χ2n) is 4.22. The van der Waals surface area contributed by atoms with E-state index in [2.05, 4.69) is 0 Å². The monoisotopic (exact) mass is 292 g/mol. The third-order valence-electron chi connectivity index (χ3n) is 2.74. The van der Waals surface area contributed by atoms with Gasteiger partial charge in [0.25, 0.3) is 0 Å². The van der Waals surface area contributed by atoms with Crippen molar-refractivity contribution in [1.29, 1.82) is 0 Å². The number of hydrogen-bond donors (Lipinski definition) is 0. The molecule has 0 aliphatic rings. The van der Waals surface area contributed by atoms with Crippen LogP contribution < -0.4 is 9.47 Å². The average molecular weight is 292 g/mol. The van der Waals surface area contributed by atoms with Crippen LogP contribution in [0.25, 0.3) is 0 Å². The summed E-state index contributed by atoms with van der Waals surface area (Å²) >= 11 is 0. The van der Waals surface area contributed by atoms with Crippen molar-refractivity contribution in [3.05, 3.63) is 59.7 Å². The number of ketones is 1. The van der Waals surface area contributed by atoms with Crippen LogP contribution in [0.2, 0.25) is 0 Å². The Kier molecular flexibility index (Phi) is 4.87. The largest absolute Gasteiger partial charge is 0.493 e. The summed E-state index contributed by atoms with van der Waals surface area (Å²) in [7, 11) is 0. The summed E-state index contributed by atoms with van der Waals surface area (Å²) in [6, 6.07) is 9.53. The first-order chi connectivity index (χ1) is 10.1. The Morgan fingerprint density at radius 1 is 1.05 bits per heavy atom. The molecule has 0 atom stereocenters. The number of benzene rings is 2. The molecule has 3 nitrogen and oxygen atoms in total. The predicted octanol–water partition coefficient (Wildman–Crippen LogP) is 3.63. The SMILES string of the molecule is CCOc1ccccc1C(=O)COc1cc(F)ccc1F. The maximum Gasteiger partial charge on any atom is 0.203 e. The molecule has 0 spiro atoms. The summed E-state index contributed by atoms with van der Waals surface area (Å²) in [5.74, 6) is -1.58. The second kappa shape index (κ2) is 6.83. The Labute approximate surface area is 121 Å². The first-order valence-electron chi connectivity index (χ1n) is 6.44. The highest BCUT2D eigenvalue weighted by Crippen LogP contribution is 2.21. The summed E-state index contributed by atoms with van der Waals surface area (Å²) in [6.45, 7) is 1.83. The molecule has 0 aliphatic heterocycles. The highest BCUT2D eigenvalue weighted by atomic mass is 19.1. The van der Waals surface area contributed by atoms with E-state index in [1.165, 1.54) is 0 Å². The van der Waals surface area contributed by atoms with Crippen LogP contribution in [-0.2, 0) is 0 Å². The molecule has 0 bridgehead atoms. The Hall–Kier alpha value is -2.43. The Morgan fingerprint density at radius 2 is 1.81 bits per heavy atom. The third-order valence-corrected chi connectivity index (χ3v) is 2.74. The van der Waals surface area contributed by atoms with Gasteiger partial charge >= 0.3 is 0 Å². The van der Waals surface area contributed by atoms with Crippen LogP contribution in [0.15, 0.2) is 42.5 Å². The number of carbonyl (C=O) groups is 1. The number of ether oxygens (including phenoxy) is 2. The van der Waals surface area contributed by atoms with Gasteiger partial charge in [-0.05, 0) is 31.2 Å². The van der Waals surface area contributed by atoms with Crippen LogP contribution in [0.1, 0.15) is 17.3 Å². The fraction of sp³-hybridized carbons (Fsp3) is 0.188. The normalized spacial score (nSPS) is 10.2. The van der Waals surface area contributed by atoms with Crippen LogP contribution in [0.3, 0.4) is 0 Å². The van der Waals surface area contributed by atoms with Gasteiger partial charge in [-0.1, -0.05) is 12.1 Å². The van der Waals surface area contributed by atoms with Gasteiger partial charge in [-0.25, -0.2) is 8.78 Å². The number of Topliss-reactive ketones (excluding diaryl/α,β-unsaturated/α-hetero) is 1. The molecule has 21 heavy (non-hydrogen) atoms. The summed E-state index contributed by atoms with van der Waals surface area (Å²) in [5.41, 5.74) is 0.344.